The highest BCUT2D eigenvalue weighted by Gasteiger charge is 2.14. The molecule has 0 heterocycles. The van der Waals surface area contributed by atoms with Crippen LogP contribution in [0.15, 0.2) is 36.5 Å². The van der Waals surface area contributed by atoms with Crippen molar-refractivity contribution in [1.82, 2.24) is 5.32 Å². The number of benzene rings is 1. The van der Waals surface area contributed by atoms with Crippen molar-refractivity contribution in [1.29, 1.82) is 0 Å². The van der Waals surface area contributed by atoms with Crippen LogP contribution < -0.4 is 5.32 Å². The van der Waals surface area contributed by atoms with Crippen LogP contribution in [-0.4, -0.2) is 11.7 Å². The molecule has 3 heteroatoms. The lowest BCUT2D eigenvalue weighted by atomic mass is 10.2. The number of rotatable bonds is 2. The third-order valence-electron chi connectivity index (χ3n) is 1.68. The summed E-state index contributed by atoms with van der Waals surface area (Å²) in [4.78, 5) is 11.3. The van der Waals surface area contributed by atoms with Crippen molar-refractivity contribution in [3.05, 3.63) is 42.1 Å². The second kappa shape index (κ2) is 5.35. The molecule has 0 atom stereocenters. The zero-order chi connectivity index (χ0) is 12.0. The van der Waals surface area contributed by atoms with Gasteiger partial charge < -0.3 is 4.74 Å². The van der Waals surface area contributed by atoms with E-state index in [1.807, 2.05) is 57.2 Å². The molecular formula is C13H17NO2. The van der Waals surface area contributed by atoms with Gasteiger partial charge in [-0.3, -0.25) is 5.32 Å². The molecular weight excluding hydrogens is 202 g/mol. The molecule has 0 unspecified atom stereocenters. The van der Waals surface area contributed by atoms with Gasteiger partial charge in [0.15, 0.2) is 0 Å². The van der Waals surface area contributed by atoms with Crippen molar-refractivity contribution in [3.63, 3.8) is 0 Å². The van der Waals surface area contributed by atoms with Gasteiger partial charge in [0.1, 0.15) is 5.60 Å². The Morgan fingerprint density at radius 1 is 1.25 bits per heavy atom. The molecule has 16 heavy (non-hydrogen) atoms. The van der Waals surface area contributed by atoms with Crippen LogP contribution in [-0.2, 0) is 4.74 Å². The van der Waals surface area contributed by atoms with E-state index >= 15 is 0 Å². The van der Waals surface area contributed by atoms with Gasteiger partial charge in [0.2, 0.25) is 0 Å². The molecule has 0 bridgehead atoms. The van der Waals surface area contributed by atoms with Crippen molar-refractivity contribution in [2.24, 2.45) is 0 Å². The maximum absolute atomic E-state index is 11.3. The normalized spacial score (nSPS) is 11.4. The number of amides is 1. The maximum atomic E-state index is 11.3. The van der Waals surface area contributed by atoms with Crippen molar-refractivity contribution < 1.29 is 9.53 Å². The van der Waals surface area contributed by atoms with E-state index in [1.165, 1.54) is 0 Å². The molecule has 1 amide bonds. The lowest BCUT2D eigenvalue weighted by Gasteiger charge is -2.18. The summed E-state index contributed by atoms with van der Waals surface area (Å²) < 4.78 is 5.07. The predicted molar refractivity (Wildman–Crippen MR) is 64.8 cm³/mol. The van der Waals surface area contributed by atoms with Gasteiger partial charge in [-0.15, -0.1) is 0 Å². The van der Waals surface area contributed by atoms with Crippen LogP contribution in [0.4, 0.5) is 4.79 Å². The van der Waals surface area contributed by atoms with Crippen LogP contribution in [0, 0.1) is 0 Å². The fourth-order valence-corrected chi connectivity index (χ4v) is 1.08. The quantitative estimate of drug-likeness (QED) is 0.829. The Morgan fingerprint density at radius 3 is 2.44 bits per heavy atom. The number of nitrogens with one attached hydrogen (secondary N) is 1. The van der Waals surface area contributed by atoms with Gasteiger partial charge in [-0.05, 0) is 32.4 Å². The largest absolute Gasteiger partial charge is 0.444 e. The Kier molecular flexibility index (Phi) is 4.11. The molecule has 0 aliphatic carbocycles. The summed E-state index contributed by atoms with van der Waals surface area (Å²) in [6.45, 7) is 5.48. The van der Waals surface area contributed by atoms with Crippen LogP contribution >= 0.6 is 0 Å². The number of alkyl carbamates (subject to hydrolysis) is 1. The van der Waals surface area contributed by atoms with Crippen molar-refractivity contribution in [3.8, 4) is 0 Å². The number of carbonyl (C=O) groups excluding carboxylic acids is 1. The molecule has 0 aromatic heterocycles. The molecule has 0 radical (unpaired) electrons. The Labute approximate surface area is 96.1 Å². The van der Waals surface area contributed by atoms with E-state index in [9.17, 15) is 4.79 Å². The predicted octanol–water partition coefficient (Wildman–Crippen LogP) is 3.18. The third-order valence-corrected chi connectivity index (χ3v) is 1.68. The highest BCUT2D eigenvalue weighted by atomic mass is 16.6. The van der Waals surface area contributed by atoms with Crippen LogP contribution in [0.3, 0.4) is 0 Å². The molecule has 0 spiro atoms. The second-order valence-electron chi connectivity index (χ2n) is 4.39. The number of hydrogen-bond donors (Lipinski definition) is 1. The van der Waals surface area contributed by atoms with Gasteiger partial charge in [-0.1, -0.05) is 30.3 Å². The second-order valence-corrected chi connectivity index (χ2v) is 4.39. The standard InChI is InChI=1S/C13H17NO2/c1-13(2,3)16-12(15)14-10-9-11-7-5-4-6-8-11/h4-10H,1-3H3,(H,14,15)/b10-9+. The molecule has 1 aromatic rings. The summed E-state index contributed by atoms with van der Waals surface area (Å²) in [5.74, 6) is 0. The van der Waals surface area contributed by atoms with Gasteiger partial charge in [0.25, 0.3) is 0 Å². The fraction of sp³-hybridized carbons (Fsp3) is 0.308. The molecule has 86 valence electrons. The van der Waals surface area contributed by atoms with E-state index in [-0.39, 0.29) is 0 Å². The Morgan fingerprint density at radius 2 is 1.88 bits per heavy atom. The first-order valence-corrected chi connectivity index (χ1v) is 5.18. The molecule has 0 saturated carbocycles. The summed E-state index contributed by atoms with van der Waals surface area (Å²) in [5, 5.41) is 2.55. The number of carbonyl (C=O) groups is 1. The van der Waals surface area contributed by atoms with E-state index in [0.717, 1.165) is 5.56 Å². The molecule has 0 aliphatic heterocycles. The van der Waals surface area contributed by atoms with Gasteiger partial charge >= 0.3 is 6.09 Å². The summed E-state index contributed by atoms with van der Waals surface area (Å²) >= 11 is 0. The summed E-state index contributed by atoms with van der Waals surface area (Å²) in [6, 6.07) is 9.72. The number of hydrogen-bond acceptors (Lipinski definition) is 2. The van der Waals surface area contributed by atoms with Crippen molar-refractivity contribution >= 4 is 12.2 Å². The van der Waals surface area contributed by atoms with Gasteiger partial charge in [-0.2, -0.15) is 0 Å². The van der Waals surface area contributed by atoms with E-state index < -0.39 is 11.7 Å². The average molecular weight is 219 g/mol. The van der Waals surface area contributed by atoms with E-state index in [0.29, 0.717) is 0 Å². The smallest absolute Gasteiger partial charge is 0.411 e. The van der Waals surface area contributed by atoms with Crippen LogP contribution in [0.5, 0.6) is 0 Å². The van der Waals surface area contributed by atoms with Gasteiger partial charge in [-0.25, -0.2) is 4.79 Å². The minimum absolute atomic E-state index is 0.445. The molecule has 1 N–H and O–H groups in total. The van der Waals surface area contributed by atoms with Gasteiger partial charge in [0.05, 0.1) is 0 Å². The van der Waals surface area contributed by atoms with E-state index in [1.54, 1.807) is 6.20 Å². The molecule has 1 aromatic carbocycles. The minimum atomic E-state index is -0.468. The highest BCUT2D eigenvalue weighted by Crippen LogP contribution is 2.06. The first-order chi connectivity index (χ1) is 7.47. The zero-order valence-corrected chi connectivity index (χ0v) is 9.86. The lowest BCUT2D eigenvalue weighted by molar-refractivity contribution is 0.0553. The first-order valence-electron chi connectivity index (χ1n) is 5.18. The molecule has 0 saturated heterocycles. The Bertz CT molecular complexity index is 363. The first kappa shape index (κ1) is 12.3. The highest BCUT2D eigenvalue weighted by molar-refractivity contribution is 5.70. The topological polar surface area (TPSA) is 38.3 Å². The maximum Gasteiger partial charge on any atom is 0.411 e. The van der Waals surface area contributed by atoms with Crippen LogP contribution in [0.2, 0.25) is 0 Å². The summed E-state index contributed by atoms with van der Waals surface area (Å²) in [6.07, 6.45) is 2.94. The third kappa shape index (κ3) is 5.20. The van der Waals surface area contributed by atoms with Crippen molar-refractivity contribution in [2.75, 3.05) is 0 Å². The monoisotopic (exact) mass is 219 g/mol. The Hall–Kier alpha value is -1.77. The molecule has 0 aliphatic rings. The lowest BCUT2D eigenvalue weighted by Crippen LogP contribution is -2.29. The van der Waals surface area contributed by atoms with Gasteiger partial charge in [0, 0.05) is 6.20 Å². The minimum Gasteiger partial charge on any atom is -0.444 e. The van der Waals surface area contributed by atoms with E-state index in [2.05, 4.69) is 5.32 Å². The van der Waals surface area contributed by atoms with E-state index in [4.69, 9.17) is 4.74 Å². The average Bonchev–Trinajstić information content (AvgIpc) is 2.16. The summed E-state index contributed by atoms with van der Waals surface area (Å²) in [7, 11) is 0. The molecule has 3 nitrogen and oxygen atoms in total. The summed E-state index contributed by atoms with van der Waals surface area (Å²) in [5.41, 5.74) is 0.559. The molecule has 1 rings (SSSR count). The van der Waals surface area contributed by atoms with Crippen molar-refractivity contribution in [2.45, 2.75) is 26.4 Å². The number of ether oxygens (including phenoxy) is 1. The fourth-order valence-electron chi connectivity index (χ4n) is 1.08. The van der Waals surface area contributed by atoms with Crippen LogP contribution in [0.25, 0.3) is 6.08 Å². The molecule has 0 fully saturated rings. The van der Waals surface area contributed by atoms with Crippen LogP contribution in [0.1, 0.15) is 26.3 Å². The zero-order valence-electron chi connectivity index (χ0n) is 9.86. The SMILES string of the molecule is CC(C)(C)OC(=O)N/C=C/c1ccccc1. The Balaban J connectivity index is 2.41.